The SMILES string of the molecule is Cc1ncccc1P(=O)(C1CC1)C1CC1. The van der Waals surface area contributed by atoms with E-state index in [2.05, 4.69) is 4.98 Å². The molecule has 3 rings (SSSR count). The first-order chi connectivity index (χ1) is 7.23. The van der Waals surface area contributed by atoms with Crippen molar-refractivity contribution in [3.63, 3.8) is 0 Å². The summed E-state index contributed by atoms with van der Waals surface area (Å²) in [5.74, 6) is 0. The van der Waals surface area contributed by atoms with Crippen LogP contribution in [0.4, 0.5) is 0 Å². The molecule has 80 valence electrons. The highest BCUT2D eigenvalue weighted by Gasteiger charge is 2.52. The lowest BCUT2D eigenvalue weighted by molar-refractivity contribution is 0.579. The van der Waals surface area contributed by atoms with E-state index in [0.717, 1.165) is 11.0 Å². The summed E-state index contributed by atoms with van der Waals surface area (Å²) in [5.41, 5.74) is 1.97. The molecule has 0 bridgehead atoms. The van der Waals surface area contributed by atoms with Gasteiger partial charge in [0.05, 0.1) is 0 Å². The Kier molecular flexibility index (Phi) is 2.04. The highest BCUT2D eigenvalue weighted by atomic mass is 31.2. The monoisotopic (exact) mass is 221 g/mol. The van der Waals surface area contributed by atoms with Crippen LogP contribution in [0.25, 0.3) is 0 Å². The minimum Gasteiger partial charge on any atom is -0.318 e. The van der Waals surface area contributed by atoms with Crippen LogP contribution in [0.5, 0.6) is 0 Å². The highest BCUT2D eigenvalue weighted by molar-refractivity contribution is 7.73. The molecular formula is C12H16NOP. The van der Waals surface area contributed by atoms with Crippen LogP contribution in [0.2, 0.25) is 0 Å². The van der Waals surface area contributed by atoms with Gasteiger partial charge in [0, 0.05) is 28.5 Å². The van der Waals surface area contributed by atoms with Crippen molar-refractivity contribution in [3.8, 4) is 0 Å². The smallest absolute Gasteiger partial charge is 0.123 e. The lowest BCUT2D eigenvalue weighted by Crippen LogP contribution is -2.16. The Morgan fingerprint density at radius 3 is 2.33 bits per heavy atom. The Morgan fingerprint density at radius 1 is 1.27 bits per heavy atom. The molecule has 0 aliphatic heterocycles. The van der Waals surface area contributed by atoms with Gasteiger partial charge in [-0.05, 0) is 44.7 Å². The zero-order chi connectivity index (χ0) is 10.5. The number of hydrogen-bond donors (Lipinski definition) is 0. The first-order valence-electron chi connectivity index (χ1n) is 5.74. The van der Waals surface area contributed by atoms with E-state index < -0.39 is 7.14 Å². The molecule has 1 heterocycles. The maximum absolute atomic E-state index is 13.1. The third-order valence-electron chi connectivity index (χ3n) is 3.53. The van der Waals surface area contributed by atoms with Crippen LogP contribution in [0, 0.1) is 6.92 Å². The molecule has 1 aromatic rings. The van der Waals surface area contributed by atoms with Gasteiger partial charge >= 0.3 is 0 Å². The Morgan fingerprint density at radius 2 is 1.87 bits per heavy atom. The average Bonchev–Trinajstić information content (AvgIpc) is 3.06. The van der Waals surface area contributed by atoms with Gasteiger partial charge in [-0.15, -0.1) is 0 Å². The predicted octanol–water partition coefficient (Wildman–Crippen LogP) is 2.70. The van der Waals surface area contributed by atoms with Crippen molar-refractivity contribution < 1.29 is 4.57 Å². The van der Waals surface area contributed by atoms with Gasteiger partial charge in [-0.3, -0.25) is 4.98 Å². The second kappa shape index (κ2) is 3.18. The molecule has 0 unspecified atom stereocenters. The number of rotatable bonds is 3. The summed E-state index contributed by atoms with van der Waals surface area (Å²) in [5, 5.41) is 1.08. The Labute approximate surface area is 90.5 Å². The predicted molar refractivity (Wildman–Crippen MR) is 62.3 cm³/mol. The van der Waals surface area contributed by atoms with Crippen LogP contribution in [-0.4, -0.2) is 16.3 Å². The lowest BCUT2D eigenvalue weighted by Gasteiger charge is -2.18. The molecule has 2 aliphatic rings. The average molecular weight is 221 g/mol. The van der Waals surface area contributed by atoms with Crippen molar-refractivity contribution in [2.75, 3.05) is 0 Å². The van der Waals surface area contributed by atoms with Crippen molar-refractivity contribution in [1.82, 2.24) is 4.98 Å². The standard InChI is InChI=1S/C12H16NOP/c1-9-12(3-2-8-13-9)15(14,10-4-5-10)11-6-7-11/h2-3,8,10-11H,4-7H2,1H3. The molecule has 0 saturated heterocycles. The lowest BCUT2D eigenvalue weighted by atomic mass is 10.4. The summed E-state index contributed by atoms with van der Waals surface area (Å²) in [7, 11) is -2.09. The number of hydrogen-bond acceptors (Lipinski definition) is 2. The summed E-state index contributed by atoms with van der Waals surface area (Å²) in [4.78, 5) is 4.29. The third-order valence-corrected chi connectivity index (χ3v) is 7.96. The molecule has 1 aromatic heterocycles. The fourth-order valence-corrected chi connectivity index (χ4v) is 6.55. The molecule has 0 radical (unpaired) electrons. The number of aryl methyl sites for hydroxylation is 1. The Bertz CT molecular complexity index is 419. The van der Waals surface area contributed by atoms with Gasteiger partial charge in [-0.1, -0.05) is 0 Å². The van der Waals surface area contributed by atoms with E-state index in [9.17, 15) is 4.57 Å². The van der Waals surface area contributed by atoms with Crippen molar-refractivity contribution >= 4 is 12.4 Å². The molecule has 3 heteroatoms. The summed E-state index contributed by atoms with van der Waals surface area (Å²) in [6, 6.07) is 3.97. The van der Waals surface area contributed by atoms with Crippen molar-refractivity contribution in [1.29, 1.82) is 0 Å². The minimum absolute atomic E-state index is 0.493. The maximum atomic E-state index is 13.1. The topological polar surface area (TPSA) is 30.0 Å². The van der Waals surface area contributed by atoms with Crippen LogP contribution in [0.1, 0.15) is 31.4 Å². The first-order valence-corrected chi connectivity index (χ1v) is 7.59. The Hall–Kier alpha value is -0.620. The number of nitrogens with zero attached hydrogens (tertiary/aromatic N) is 1. The first kappa shape index (κ1) is 9.59. The molecule has 0 spiro atoms. The molecule has 0 N–H and O–H groups in total. The summed E-state index contributed by atoms with van der Waals surface area (Å²) < 4.78 is 13.1. The largest absolute Gasteiger partial charge is 0.318 e. The van der Waals surface area contributed by atoms with E-state index in [1.165, 1.54) is 25.7 Å². The Balaban J connectivity index is 2.09. The van der Waals surface area contributed by atoms with Crippen molar-refractivity contribution in [3.05, 3.63) is 24.0 Å². The summed E-state index contributed by atoms with van der Waals surface area (Å²) in [6.45, 7) is 1.99. The molecule has 0 atom stereocenters. The molecule has 2 saturated carbocycles. The van der Waals surface area contributed by atoms with E-state index in [0.29, 0.717) is 11.3 Å². The zero-order valence-corrected chi connectivity index (χ0v) is 9.91. The molecular weight excluding hydrogens is 205 g/mol. The van der Waals surface area contributed by atoms with Gasteiger partial charge in [0.1, 0.15) is 7.14 Å². The second-order valence-corrected chi connectivity index (χ2v) is 8.14. The molecule has 2 aliphatic carbocycles. The quantitative estimate of drug-likeness (QED) is 0.734. The zero-order valence-electron chi connectivity index (χ0n) is 9.02. The fourth-order valence-electron chi connectivity index (χ4n) is 2.45. The van der Waals surface area contributed by atoms with Gasteiger partial charge in [-0.25, -0.2) is 0 Å². The minimum atomic E-state index is -2.09. The van der Waals surface area contributed by atoms with Crippen LogP contribution < -0.4 is 5.30 Å². The fraction of sp³-hybridized carbons (Fsp3) is 0.583. The van der Waals surface area contributed by atoms with Gasteiger partial charge < -0.3 is 4.57 Å². The van der Waals surface area contributed by atoms with Crippen molar-refractivity contribution in [2.45, 2.75) is 43.9 Å². The molecule has 0 aromatic carbocycles. The number of aromatic nitrogens is 1. The molecule has 0 amide bonds. The van der Waals surface area contributed by atoms with Crippen molar-refractivity contribution in [2.24, 2.45) is 0 Å². The second-order valence-electron chi connectivity index (χ2n) is 4.78. The van der Waals surface area contributed by atoms with Gasteiger partial charge in [0.2, 0.25) is 0 Å². The van der Waals surface area contributed by atoms with Crippen LogP contribution >= 0.6 is 7.14 Å². The van der Waals surface area contributed by atoms with E-state index in [1.807, 2.05) is 19.1 Å². The van der Waals surface area contributed by atoms with E-state index in [4.69, 9.17) is 0 Å². The van der Waals surface area contributed by atoms with E-state index >= 15 is 0 Å². The normalized spacial score (nSPS) is 21.7. The molecule has 2 fully saturated rings. The van der Waals surface area contributed by atoms with Gasteiger partial charge in [0.15, 0.2) is 0 Å². The molecule has 2 nitrogen and oxygen atoms in total. The van der Waals surface area contributed by atoms with Crippen LogP contribution in [0.15, 0.2) is 18.3 Å². The van der Waals surface area contributed by atoms with Gasteiger partial charge in [0.25, 0.3) is 0 Å². The van der Waals surface area contributed by atoms with E-state index in [-0.39, 0.29) is 0 Å². The van der Waals surface area contributed by atoms with E-state index in [1.54, 1.807) is 6.20 Å². The van der Waals surface area contributed by atoms with Crippen LogP contribution in [0.3, 0.4) is 0 Å². The van der Waals surface area contributed by atoms with Gasteiger partial charge in [-0.2, -0.15) is 0 Å². The maximum Gasteiger partial charge on any atom is 0.123 e. The highest BCUT2D eigenvalue weighted by Crippen LogP contribution is 2.69. The third kappa shape index (κ3) is 1.47. The van der Waals surface area contributed by atoms with Crippen LogP contribution in [-0.2, 0) is 4.57 Å². The molecule has 15 heavy (non-hydrogen) atoms. The summed E-state index contributed by atoms with van der Waals surface area (Å²) in [6.07, 6.45) is 6.47. The summed E-state index contributed by atoms with van der Waals surface area (Å²) >= 11 is 0. The number of pyridine rings is 1.